The smallest absolute Gasteiger partial charge is 0.237 e. The molecule has 0 amide bonds. The summed E-state index contributed by atoms with van der Waals surface area (Å²) in [5.74, 6) is 1.04. The average molecular weight is 284 g/mol. The summed E-state index contributed by atoms with van der Waals surface area (Å²) in [6.07, 6.45) is 2.91. The molecule has 0 bridgehead atoms. The molecule has 0 atom stereocenters. The molecule has 0 unspecified atom stereocenters. The van der Waals surface area contributed by atoms with Crippen LogP contribution in [0.15, 0.2) is 30.6 Å². The lowest BCUT2D eigenvalue weighted by Gasteiger charge is -2.22. The van der Waals surface area contributed by atoms with E-state index < -0.39 is 0 Å². The Morgan fingerprint density at radius 2 is 1.90 bits per heavy atom. The first-order valence-electron chi connectivity index (χ1n) is 6.73. The zero-order valence-electron chi connectivity index (χ0n) is 12.8. The summed E-state index contributed by atoms with van der Waals surface area (Å²) in [7, 11) is 0. The summed E-state index contributed by atoms with van der Waals surface area (Å²) in [5, 5.41) is 7.31. The zero-order valence-corrected chi connectivity index (χ0v) is 12.8. The van der Waals surface area contributed by atoms with E-state index in [0.29, 0.717) is 11.6 Å². The first-order valence-corrected chi connectivity index (χ1v) is 6.73. The predicted molar refractivity (Wildman–Crippen MR) is 83.0 cm³/mol. The van der Waals surface area contributed by atoms with E-state index in [9.17, 15) is 0 Å². The summed E-state index contributed by atoms with van der Waals surface area (Å²) >= 11 is 0. The minimum atomic E-state index is -0.111. The Bertz CT molecular complexity index is 657. The minimum Gasteiger partial charge on any atom is -0.437 e. The largest absolute Gasteiger partial charge is 0.437 e. The van der Waals surface area contributed by atoms with E-state index in [1.807, 2.05) is 13.0 Å². The van der Waals surface area contributed by atoms with Crippen LogP contribution in [0.5, 0.6) is 11.6 Å². The molecule has 1 heterocycles. The highest BCUT2D eigenvalue weighted by molar-refractivity contribution is 5.92. The van der Waals surface area contributed by atoms with Crippen molar-refractivity contribution < 1.29 is 4.74 Å². The van der Waals surface area contributed by atoms with Gasteiger partial charge in [0.2, 0.25) is 5.88 Å². The van der Waals surface area contributed by atoms with Crippen LogP contribution in [0.4, 0.5) is 0 Å². The van der Waals surface area contributed by atoms with Crippen molar-refractivity contribution in [3.8, 4) is 11.6 Å². The normalized spacial score (nSPS) is 11.2. The minimum absolute atomic E-state index is 0.0320. The number of nitrogens with zero attached hydrogens (tertiary/aromatic N) is 2. The summed E-state index contributed by atoms with van der Waals surface area (Å²) in [5.41, 5.74) is 7.88. The van der Waals surface area contributed by atoms with Crippen molar-refractivity contribution in [2.75, 3.05) is 0 Å². The van der Waals surface area contributed by atoms with Gasteiger partial charge in [0.15, 0.2) is 0 Å². The topological polar surface area (TPSA) is 84.9 Å². The number of nitrogens with two attached hydrogens (primary N) is 1. The quantitative estimate of drug-likeness (QED) is 0.669. The van der Waals surface area contributed by atoms with Gasteiger partial charge in [-0.2, -0.15) is 0 Å². The van der Waals surface area contributed by atoms with E-state index in [4.69, 9.17) is 15.9 Å². The molecule has 110 valence electrons. The molecule has 1 aromatic carbocycles. The van der Waals surface area contributed by atoms with Gasteiger partial charge < -0.3 is 10.5 Å². The van der Waals surface area contributed by atoms with E-state index in [-0.39, 0.29) is 11.3 Å². The number of nitrogens with one attached hydrogen (secondary N) is 1. The zero-order chi connectivity index (χ0) is 15.6. The Balaban J connectivity index is 2.34. The van der Waals surface area contributed by atoms with Crippen LogP contribution in [0.3, 0.4) is 0 Å². The van der Waals surface area contributed by atoms with Crippen molar-refractivity contribution in [1.29, 1.82) is 5.41 Å². The van der Waals surface area contributed by atoms with Gasteiger partial charge in [0.1, 0.15) is 17.3 Å². The Kier molecular flexibility index (Phi) is 3.93. The maximum Gasteiger partial charge on any atom is 0.237 e. The Hall–Kier alpha value is -2.43. The van der Waals surface area contributed by atoms with Gasteiger partial charge in [0.25, 0.3) is 0 Å². The highest BCUT2D eigenvalue weighted by Crippen LogP contribution is 2.34. The molecule has 2 rings (SSSR count). The number of hydrogen-bond acceptors (Lipinski definition) is 4. The summed E-state index contributed by atoms with van der Waals surface area (Å²) in [4.78, 5) is 8.19. The first-order chi connectivity index (χ1) is 9.77. The third-order valence-electron chi connectivity index (χ3n) is 3.06. The SMILES string of the molecule is Cc1ccc(C(C)(C)C)c(Oc2cnc(C(=N)N)cn2)c1. The van der Waals surface area contributed by atoms with Gasteiger partial charge in [0, 0.05) is 5.56 Å². The number of benzene rings is 1. The molecule has 0 aliphatic carbocycles. The third kappa shape index (κ3) is 3.56. The lowest BCUT2D eigenvalue weighted by Crippen LogP contribution is -2.14. The number of nitrogen functional groups attached to an aromatic ring is 1. The molecule has 3 N–H and O–H groups in total. The number of aryl methyl sites for hydroxylation is 1. The monoisotopic (exact) mass is 284 g/mol. The highest BCUT2D eigenvalue weighted by Gasteiger charge is 2.19. The van der Waals surface area contributed by atoms with E-state index in [1.54, 1.807) is 0 Å². The molecule has 5 nitrogen and oxygen atoms in total. The average Bonchev–Trinajstić information content (AvgIpc) is 2.38. The molecule has 0 spiro atoms. The van der Waals surface area contributed by atoms with Crippen LogP contribution in [0.1, 0.15) is 37.6 Å². The molecule has 0 radical (unpaired) electrons. The van der Waals surface area contributed by atoms with Crippen LogP contribution < -0.4 is 10.5 Å². The second kappa shape index (κ2) is 5.52. The Morgan fingerprint density at radius 1 is 1.19 bits per heavy atom. The fourth-order valence-electron chi connectivity index (χ4n) is 1.95. The molecule has 0 aliphatic heterocycles. The van der Waals surface area contributed by atoms with E-state index in [0.717, 1.165) is 16.9 Å². The molecule has 21 heavy (non-hydrogen) atoms. The van der Waals surface area contributed by atoms with Crippen molar-refractivity contribution >= 4 is 5.84 Å². The summed E-state index contributed by atoms with van der Waals surface area (Å²) in [6, 6.07) is 6.13. The summed E-state index contributed by atoms with van der Waals surface area (Å²) < 4.78 is 5.87. The molecule has 1 aromatic heterocycles. The van der Waals surface area contributed by atoms with Crippen molar-refractivity contribution in [2.24, 2.45) is 5.73 Å². The van der Waals surface area contributed by atoms with Gasteiger partial charge in [-0.15, -0.1) is 0 Å². The number of rotatable bonds is 3. The second-order valence-corrected chi connectivity index (χ2v) is 6.01. The molecule has 0 fully saturated rings. The van der Waals surface area contributed by atoms with E-state index in [1.165, 1.54) is 12.4 Å². The number of hydrogen-bond donors (Lipinski definition) is 2. The van der Waals surface area contributed by atoms with Gasteiger partial charge in [0.05, 0.1) is 12.4 Å². The maximum atomic E-state index is 7.31. The lowest BCUT2D eigenvalue weighted by atomic mass is 9.86. The predicted octanol–water partition coefficient (Wildman–Crippen LogP) is 3.16. The standard InChI is InChI=1S/C16H20N4O/c1-10-5-6-11(16(2,3)4)13(7-10)21-14-9-19-12(8-20-14)15(17)18/h5-9H,1-4H3,(H3,17,18). The van der Waals surface area contributed by atoms with Crippen LogP contribution in [0, 0.1) is 12.3 Å². The fourth-order valence-corrected chi connectivity index (χ4v) is 1.95. The van der Waals surface area contributed by atoms with Crippen LogP contribution >= 0.6 is 0 Å². The maximum absolute atomic E-state index is 7.31. The van der Waals surface area contributed by atoms with Crippen molar-refractivity contribution in [1.82, 2.24) is 9.97 Å². The Labute approximate surface area is 124 Å². The number of aromatic nitrogens is 2. The van der Waals surface area contributed by atoms with Crippen molar-refractivity contribution in [3.05, 3.63) is 47.4 Å². The Morgan fingerprint density at radius 3 is 2.43 bits per heavy atom. The van der Waals surface area contributed by atoms with Crippen LogP contribution in [-0.4, -0.2) is 15.8 Å². The lowest BCUT2D eigenvalue weighted by molar-refractivity contribution is 0.437. The van der Waals surface area contributed by atoms with Gasteiger partial charge in [-0.25, -0.2) is 9.97 Å². The highest BCUT2D eigenvalue weighted by atomic mass is 16.5. The second-order valence-electron chi connectivity index (χ2n) is 6.01. The summed E-state index contributed by atoms with van der Waals surface area (Å²) in [6.45, 7) is 8.42. The van der Waals surface area contributed by atoms with Gasteiger partial charge in [-0.1, -0.05) is 32.9 Å². The van der Waals surface area contributed by atoms with Crippen LogP contribution in [0.25, 0.3) is 0 Å². The molecule has 0 saturated carbocycles. The number of ether oxygens (including phenoxy) is 1. The van der Waals surface area contributed by atoms with Gasteiger partial charge >= 0.3 is 0 Å². The molecule has 0 saturated heterocycles. The molecular formula is C16H20N4O. The van der Waals surface area contributed by atoms with E-state index >= 15 is 0 Å². The van der Waals surface area contributed by atoms with Crippen LogP contribution in [0.2, 0.25) is 0 Å². The van der Waals surface area contributed by atoms with Gasteiger partial charge in [-0.3, -0.25) is 5.41 Å². The number of amidine groups is 1. The molecule has 5 heteroatoms. The molecular weight excluding hydrogens is 264 g/mol. The first kappa shape index (κ1) is 15.0. The van der Waals surface area contributed by atoms with Crippen molar-refractivity contribution in [3.63, 3.8) is 0 Å². The van der Waals surface area contributed by atoms with E-state index in [2.05, 4.69) is 42.9 Å². The third-order valence-corrected chi connectivity index (χ3v) is 3.06. The van der Waals surface area contributed by atoms with Crippen molar-refractivity contribution in [2.45, 2.75) is 33.1 Å². The molecule has 0 aliphatic rings. The van der Waals surface area contributed by atoms with Gasteiger partial charge in [-0.05, 0) is 24.0 Å². The fraction of sp³-hybridized carbons (Fsp3) is 0.312. The molecule has 2 aromatic rings. The van der Waals surface area contributed by atoms with Crippen LogP contribution in [-0.2, 0) is 5.41 Å².